The van der Waals surface area contributed by atoms with E-state index in [1.807, 2.05) is 60.0 Å². The number of hydrogen-bond donors (Lipinski definition) is 1. The summed E-state index contributed by atoms with van der Waals surface area (Å²) in [6, 6.07) is 20.3. The third kappa shape index (κ3) is 5.27. The quantitative estimate of drug-likeness (QED) is 0.548. The minimum Gasteiger partial charge on any atom is -0.497 e. The van der Waals surface area contributed by atoms with Gasteiger partial charge in [0, 0.05) is 23.5 Å². The molecule has 0 fully saturated rings. The van der Waals surface area contributed by atoms with Gasteiger partial charge >= 0.3 is 0 Å². The van der Waals surface area contributed by atoms with E-state index in [0.29, 0.717) is 24.4 Å². The summed E-state index contributed by atoms with van der Waals surface area (Å²) in [5, 5.41) is 4.94. The molecular weight excluding hydrogens is 396 g/mol. The van der Waals surface area contributed by atoms with E-state index in [1.54, 1.807) is 31.1 Å². The molecule has 1 heterocycles. The number of ether oxygens (including phenoxy) is 1. The van der Waals surface area contributed by atoms with Crippen LogP contribution in [0, 0.1) is 0 Å². The largest absolute Gasteiger partial charge is 0.497 e. The average molecular weight is 423 g/mol. The van der Waals surface area contributed by atoms with Crippen molar-refractivity contribution in [2.45, 2.75) is 25.8 Å². The Balaban J connectivity index is 1.85. The second-order valence-electron chi connectivity index (χ2n) is 6.76. The zero-order chi connectivity index (χ0) is 21.3. The van der Waals surface area contributed by atoms with Crippen molar-refractivity contribution in [3.8, 4) is 5.75 Å². The summed E-state index contributed by atoms with van der Waals surface area (Å²) in [7, 11) is 1.60. The Morgan fingerprint density at radius 2 is 1.77 bits per heavy atom. The number of hydrogen-bond acceptors (Lipinski definition) is 4. The van der Waals surface area contributed by atoms with Crippen molar-refractivity contribution in [3.05, 3.63) is 82.6 Å². The summed E-state index contributed by atoms with van der Waals surface area (Å²) in [6.45, 7) is 2.30. The number of methoxy groups -OCH3 is 1. The van der Waals surface area contributed by atoms with Gasteiger partial charge in [0.2, 0.25) is 11.8 Å². The topological polar surface area (TPSA) is 58.6 Å². The number of amides is 2. The molecule has 156 valence electrons. The number of nitrogens with one attached hydrogen (secondary N) is 1. The van der Waals surface area contributed by atoms with Gasteiger partial charge in [0.1, 0.15) is 11.8 Å². The van der Waals surface area contributed by atoms with Crippen LogP contribution in [0.3, 0.4) is 0 Å². The number of carbonyl (C=O) groups excluding carboxylic acids is 2. The number of carbonyl (C=O) groups is 2. The highest BCUT2D eigenvalue weighted by Crippen LogP contribution is 2.32. The standard InChI is InChI=1S/C24H26N2O3S/c1-3-22(27)26(19-11-13-20(29-2)14-12-19)23(21-10-7-17-30-21)24(28)25-16-15-18-8-5-4-6-9-18/h4-14,17,23H,3,15-16H2,1-2H3,(H,25,28). The fourth-order valence-corrected chi connectivity index (χ4v) is 4.05. The van der Waals surface area contributed by atoms with Crippen LogP contribution >= 0.6 is 11.3 Å². The molecule has 0 radical (unpaired) electrons. The lowest BCUT2D eigenvalue weighted by molar-refractivity contribution is -0.126. The Morgan fingerprint density at radius 3 is 2.37 bits per heavy atom. The lowest BCUT2D eigenvalue weighted by Crippen LogP contribution is -2.44. The molecule has 3 aromatic rings. The molecule has 0 aliphatic rings. The molecule has 3 rings (SSSR count). The highest BCUT2D eigenvalue weighted by atomic mass is 32.1. The molecule has 2 aromatic carbocycles. The first-order chi connectivity index (χ1) is 14.6. The number of benzene rings is 2. The van der Waals surface area contributed by atoms with Crippen LogP contribution in [0.15, 0.2) is 72.1 Å². The zero-order valence-electron chi connectivity index (χ0n) is 17.2. The first-order valence-corrected chi connectivity index (χ1v) is 10.8. The normalized spacial score (nSPS) is 11.5. The molecule has 5 nitrogen and oxygen atoms in total. The number of anilines is 1. The Labute approximate surface area is 181 Å². The minimum absolute atomic E-state index is 0.114. The van der Waals surface area contributed by atoms with E-state index in [0.717, 1.165) is 16.9 Å². The lowest BCUT2D eigenvalue weighted by atomic mass is 10.1. The summed E-state index contributed by atoms with van der Waals surface area (Å²) in [6.07, 6.45) is 1.03. The molecule has 6 heteroatoms. The van der Waals surface area contributed by atoms with Gasteiger partial charge in [-0.15, -0.1) is 11.3 Å². The predicted molar refractivity (Wildman–Crippen MR) is 121 cm³/mol. The first kappa shape index (κ1) is 21.6. The molecule has 0 aliphatic carbocycles. The van der Waals surface area contributed by atoms with Crippen molar-refractivity contribution < 1.29 is 14.3 Å². The van der Waals surface area contributed by atoms with Crippen LogP contribution in [0.5, 0.6) is 5.75 Å². The second-order valence-corrected chi connectivity index (χ2v) is 7.74. The molecular formula is C24H26N2O3S. The van der Waals surface area contributed by atoms with Gasteiger partial charge in [-0.2, -0.15) is 0 Å². The van der Waals surface area contributed by atoms with E-state index in [4.69, 9.17) is 4.74 Å². The molecule has 1 N–H and O–H groups in total. The van der Waals surface area contributed by atoms with E-state index in [9.17, 15) is 9.59 Å². The van der Waals surface area contributed by atoms with Gasteiger partial charge < -0.3 is 10.1 Å². The van der Waals surface area contributed by atoms with Gasteiger partial charge in [-0.25, -0.2) is 0 Å². The molecule has 0 saturated carbocycles. The van der Waals surface area contributed by atoms with Crippen LogP contribution in [0.2, 0.25) is 0 Å². The van der Waals surface area contributed by atoms with Crippen LogP contribution in [0.4, 0.5) is 5.69 Å². The maximum Gasteiger partial charge on any atom is 0.248 e. The van der Waals surface area contributed by atoms with E-state index >= 15 is 0 Å². The van der Waals surface area contributed by atoms with E-state index < -0.39 is 6.04 Å². The lowest BCUT2D eigenvalue weighted by Gasteiger charge is -2.30. The van der Waals surface area contributed by atoms with Gasteiger partial charge in [-0.05, 0) is 47.7 Å². The van der Waals surface area contributed by atoms with Gasteiger partial charge in [0.05, 0.1) is 7.11 Å². The minimum atomic E-state index is -0.721. The van der Waals surface area contributed by atoms with Gasteiger partial charge in [0.25, 0.3) is 0 Å². The van der Waals surface area contributed by atoms with Crippen LogP contribution in [-0.2, 0) is 16.0 Å². The van der Waals surface area contributed by atoms with Gasteiger partial charge in [0.15, 0.2) is 0 Å². The summed E-state index contributed by atoms with van der Waals surface area (Å²) in [5.41, 5.74) is 1.82. The smallest absolute Gasteiger partial charge is 0.248 e. The second kappa shape index (κ2) is 10.6. The number of rotatable bonds is 9. The molecule has 0 spiro atoms. The fraction of sp³-hybridized carbons (Fsp3) is 0.250. The van der Waals surface area contributed by atoms with Crippen molar-refractivity contribution in [1.82, 2.24) is 5.32 Å². The van der Waals surface area contributed by atoms with E-state index in [1.165, 1.54) is 11.3 Å². The van der Waals surface area contributed by atoms with Crippen molar-refractivity contribution >= 4 is 28.8 Å². The number of nitrogens with zero attached hydrogens (tertiary/aromatic N) is 1. The molecule has 1 atom stereocenters. The zero-order valence-corrected chi connectivity index (χ0v) is 18.0. The van der Waals surface area contributed by atoms with E-state index in [-0.39, 0.29) is 11.8 Å². The molecule has 0 aliphatic heterocycles. The van der Waals surface area contributed by atoms with Crippen LogP contribution < -0.4 is 15.0 Å². The summed E-state index contributed by atoms with van der Waals surface area (Å²) in [4.78, 5) is 28.6. The van der Waals surface area contributed by atoms with Crippen molar-refractivity contribution in [3.63, 3.8) is 0 Å². The third-order valence-electron chi connectivity index (χ3n) is 4.80. The average Bonchev–Trinajstić information content (AvgIpc) is 3.32. The Hall–Kier alpha value is -3.12. The Kier molecular flexibility index (Phi) is 7.63. The molecule has 0 saturated heterocycles. The molecule has 2 amide bonds. The van der Waals surface area contributed by atoms with Crippen LogP contribution in [-0.4, -0.2) is 25.5 Å². The highest BCUT2D eigenvalue weighted by molar-refractivity contribution is 7.10. The Bertz CT molecular complexity index is 940. The number of thiophene rings is 1. The SMILES string of the molecule is CCC(=O)N(c1ccc(OC)cc1)C(C(=O)NCCc1ccccc1)c1cccs1. The first-order valence-electron chi connectivity index (χ1n) is 9.95. The summed E-state index contributed by atoms with van der Waals surface area (Å²) < 4.78 is 5.23. The molecule has 0 bridgehead atoms. The van der Waals surface area contributed by atoms with Crippen molar-refractivity contribution in [1.29, 1.82) is 0 Å². The molecule has 1 unspecified atom stereocenters. The summed E-state index contributed by atoms with van der Waals surface area (Å²) >= 11 is 1.47. The third-order valence-corrected chi connectivity index (χ3v) is 5.72. The maximum absolute atomic E-state index is 13.3. The predicted octanol–water partition coefficient (Wildman–Crippen LogP) is 4.60. The molecule has 30 heavy (non-hydrogen) atoms. The monoisotopic (exact) mass is 422 g/mol. The van der Waals surface area contributed by atoms with Gasteiger partial charge in [-0.1, -0.05) is 43.3 Å². The maximum atomic E-state index is 13.3. The highest BCUT2D eigenvalue weighted by Gasteiger charge is 2.32. The Morgan fingerprint density at radius 1 is 1.03 bits per heavy atom. The van der Waals surface area contributed by atoms with Crippen LogP contribution in [0.25, 0.3) is 0 Å². The molecule has 1 aromatic heterocycles. The van der Waals surface area contributed by atoms with Crippen molar-refractivity contribution in [2.24, 2.45) is 0 Å². The summed E-state index contributed by atoms with van der Waals surface area (Å²) in [5.74, 6) is 0.394. The van der Waals surface area contributed by atoms with Gasteiger partial charge in [-0.3, -0.25) is 14.5 Å². The van der Waals surface area contributed by atoms with Crippen molar-refractivity contribution in [2.75, 3.05) is 18.6 Å². The van der Waals surface area contributed by atoms with E-state index in [2.05, 4.69) is 5.32 Å². The fourth-order valence-electron chi connectivity index (χ4n) is 3.24. The van der Waals surface area contributed by atoms with Crippen LogP contribution in [0.1, 0.15) is 29.8 Å².